The Bertz CT molecular complexity index is 783. The third-order valence-electron chi connectivity index (χ3n) is 4.12. The van der Waals surface area contributed by atoms with Crippen LogP contribution in [0.4, 0.5) is 5.69 Å². The molecule has 1 heterocycles. The summed E-state index contributed by atoms with van der Waals surface area (Å²) in [6, 6.07) is 5.96. The zero-order chi connectivity index (χ0) is 17.3. The summed E-state index contributed by atoms with van der Waals surface area (Å²) >= 11 is 0. The van der Waals surface area contributed by atoms with Gasteiger partial charge >= 0.3 is 0 Å². The molecule has 3 rings (SSSR count). The number of carbonyl (C=O) groups is 1. The van der Waals surface area contributed by atoms with E-state index in [4.69, 9.17) is 5.73 Å². The minimum Gasteiger partial charge on any atom is -0.349 e. The molecule has 24 heavy (non-hydrogen) atoms. The first-order valence-electron chi connectivity index (χ1n) is 7.68. The number of non-ortho nitro benzene ring substituents is 1. The lowest BCUT2D eigenvalue weighted by atomic mass is 10.2. The molecule has 2 aromatic rings. The van der Waals surface area contributed by atoms with E-state index in [1.807, 2.05) is 0 Å². The summed E-state index contributed by atoms with van der Waals surface area (Å²) in [5, 5.41) is 21.5. The van der Waals surface area contributed by atoms with E-state index in [0.717, 1.165) is 12.8 Å². The Balaban J connectivity index is 1.76. The standard InChI is InChI=1S/C15H18N6O3/c1-9-14(15(22)17-8-13(16)10-5-6-10)18-19-20(9)11-3-2-4-12(7-11)21(23)24/h2-4,7,10,13H,5-6,8,16H2,1H3,(H,17,22). The molecule has 1 aromatic carbocycles. The van der Waals surface area contributed by atoms with Crippen LogP contribution in [0.2, 0.25) is 0 Å². The van der Waals surface area contributed by atoms with E-state index < -0.39 is 4.92 Å². The second kappa shape index (κ2) is 6.36. The lowest BCUT2D eigenvalue weighted by Crippen LogP contribution is -2.38. The number of aromatic nitrogens is 3. The van der Waals surface area contributed by atoms with Gasteiger partial charge in [-0.15, -0.1) is 5.10 Å². The first-order valence-corrected chi connectivity index (χ1v) is 7.68. The van der Waals surface area contributed by atoms with Crippen molar-refractivity contribution in [3.8, 4) is 5.69 Å². The predicted molar refractivity (Wildman–Crippen MR) is 85.8 cm³/mol. The number of amides is 1. The predicted octanol–water partition coefficient (Wildman–Crippen LogP) is 0.951. The average molecular weight is 330 g/mol. The molecule has 0 radical (unpaired) electrons. The molecule has 1 fully saturated rings. The number of rotatable bonds is 6. The quantitative estimate of drug-likeness (QED) is 0.599. The Labute approximate surface area is 138 Å². The van der Waals surface area contributed by atoms with Crippen LogP contribution in [0.1, 0.15) is 29.0 Å². The van der Waals surface area contributed by atoms with Gasteiger partial charge in [-0.1, -0.05) is 11.3 Å². The molecular formula is C15H18N6O3. The molecule has 0 bridgehead atoms. The monoisotopic (exact) mass is 330 g/mol. The fraction of sp³-hybridized carbons (Fsp3) is 0.400. The molecule has 1 aliphatic carbocycles. The van der Waals surface area contributed by atoms with Crippen LogP contribution < -0.4 is 11.1 Å². The number of nitrogens with zero attached hydrogens (tertiary/aromatic N) is 4. The van der Waals surface area contributed by atoms with Gasteiger partial charge in [-0.25, -0.2) is 4.68 Å². The molecule has 1 aliphatic rings. The summed E-state index contributed by atoms with van der Waals surface area (Å²) < 4.78 is 1.41. The molecule has 1 atom stereocenters. The molecule has 1 aromatic heterocycles. The molecular weight excluding hydrogens is 312 g/mol. The minimum absolute atomic E-state index is 0.0407. The van der Waals surface area contributed by atoms with Crippen LogP contribution in [-0.4, -0.2) is 38.4 Å². The van der Waals surface area contributed by atoms with Crippen molar-refractivity contribution in [3.05, 3.63) is 45.8 Å². The van der Waals surface area contributed by atoms with Crippen LogP contribution in [0.25, 0.3) is 5.69 Å². The lowest BCUT2D eigenvalue weighted by molar-refractivity contribution is -0.384. The van der Waals surface area contributed by atoms with Crippen LogP contribution in [0.15, 0.2) is 24.3 Å². The molecule has 9 nitrogen and oxygen atoms in total. The third-order valence-corrected chi connectivity index (χ3v) is 4.12. The van der Waals surface area contributed by atoms with Gasteiger partial charge in [0.2, 0.25) is 0 Å². The van der Waals surface area contributed by atoms with Crippen molar-refractivity contribution in [1.29, 1.82) is 0 Å². The number of nitro benzene ring substituents is 1. The van der Waals surface area contributed by atoms with Crippen LogP contribution in [-0.2, 0) is 0 Å². The topological polar surface area (TPSA) is 129 Å². The number of hydrogen-bond donors (Lipinski definition) is 2. The third kappa shape index (κ3) is 3.25. The van der Waals surface area contributed by atoms with Gasteiger partial charge in [-0.3, -0.25) is 14.9 Å². The normalized spacial score (nSPS) is 15.1. The molecule has 3 N–H and O–H groups in total. The Morgan fingerprint density at radius 1 is 1.54 bits per heavy atom. The molecule has 9 heteroatoms. The molecule has 1 amide bonds. The second-order valence-electron chi connectivity index (χ2n) is 5.92. The smallest absolute Gasteiger partial charge is 0.273 e. The second-order valence-corrected chi connectivity index (χ2v) is 5.92. The Kier molecular flexibility index (Phi) is 4.26. The molecule has 0 saturated heterocycles. The minimum atomic E-state index is -0.483. The van der Waals surface area contributed by atoms with E-state index in [-0.39, 0.29) is 23.3 Å². The van der Waals surface area contributed by atoms with Gasteiger partial charge in [-0.05, 0) is 31.7 Å². The highest BCUT2D eigenvalue weighted by atomic mass is 16.6. The summed E-state index contributed by atoms with van der Waals surface area (Å²) in [7, 11) is 0. The van der Waals surface area contributed by atoms with E-state index in [1.165, 1.54) is 16.8 Å². The van der Waals surface area contributed by atoms with E-state index >= 15 is 0 Å². The van der Waals surface area contributed by atoms with E-state index in [0.29, 0.717) is 23.8 Å². The maximum Gasteiger partial charge on any atom is 0.273 e. The molecule has 1 saturated carbocycles. The van der Waals surface area contributed by atoms with Crippen molar-refractivity contribution in [3.63, 3.8) is 0 Å². The molecule has 0 spiro atoms. The highest BCUT2D eigenvalue weighted by molar-refractivity contribution is 5.93. The number of hydrogen-bond acceptors (Lipinski definition) is 6. The van der Waals surface area contributed by atoms with Crippen LogP contribution in [0.3, 0.4) is 0 Å². The molecule has 0 aliphatic heterocycles. The Morgan fingerprint density at radius 3 is 2.96 bits per heavy atom. The summed E-state index contributed by atoms with van der Waals surface area (Å²) in [5.41, 5.74) is 7.08. The van der Waals surface area contributed by atoms with Crippen LogP contribution >= 0.6 is 0 Å². The fourth-order valence-corrected chi connectivity index (χ4v) is 2.51. The van der Waals surface area contributed by atoms with Crippen LogP contribution in [0.5, 0.6) is 0 Å². The van der Waals surface area contributed by atoms with Gasteiger partial charge in [0.1, 0.15) is 0 Å². The van der Waals surface area contributed by atoms with Crippen LogP contribution in [0, 0.1) is 23.0 Å². The Morgan fingerprint density at radius 2 is 2.29 bits per heavy atom. The van der Waals surface area contributed by atoms with Crippen molar-refractivity contribution >= 4 is 11.6 Å². The summed E-state index contributed by atoms with van der Waals surface area (Å²) in [6.45, 7) is 2.08. The van der Waals surface area contributed by atoms with E-state index in [9.17, 15) is 14.9 Å². The molecule has 126 valence electrons. The van der Waals surface area contributed by atoms with Crippen molar-refractivity contribution < 1.29 is 9.72 Å². The van der Waals surface area contributed by atoms with Crippen molar-refractivity contribution in [2.45, 2.75) is 25.8 Å². The van der Waals surface area contributed by atoms with E-state index in [1.54, 1.807) is 19.1 Å². The zero-order valence-corrected chi connectivity index (χ0v) is 13.2. The van der Waals surface area contributed by atoms with Gasteiger partial charge < -0.3 is 11.1 Å². The van der Waals surface area contributed by atoms with Crippen molar-refractivity contribution in [2.24, 2.45) is 11.7 Å². The van der Waals surface area contributed by atoms with Gasteiger partial charge in [0.15, 0.2) is 5.69 Å². The summed E-state index contributed by atoms with van der Waals surface area (Å²) in [6.07, 6.45) is 2.22. The molecule has 1 unspecified atom stereocenters. The van der Waals surface area contributed by atoms with Crippen molar-refractivity contribution in [1.82, 2.24) is 20.3 Å². The highest BCUT2D eigenvalue weighted by Gasteiger charge is 2.29. The fourth-order valence-electron chi connectivity index (χ4n) is 2.51. The number of nitro groups is 1. The highest BCUT2D eigenvalue weighted by Crippen LogP contribution is 2.31. The summed E-state index contributed by atoms with van der Waals surface area (Å²) in [4.78, 5) is 22.6. The lowest BCUT2D eigenvalue weighted by Gasteiger charge is -2.10. The van der Waals surface area contributed by atoms with Gasteiger partial charge in [-0.2, -0.15) is 0 Å². The van der Waals surface area contributed by atoms with Gasteiger partial charge in [0, 0.05) is 24.7 Å². The maximum absolute atomic E-state index is 12.2. The average Bonchev–Trinajstić information content (AvgIpc) is 3.35. The zero-order valence-electron chi connectivity index (χ0n) is 13.2. The van der Waals surface area contributed by atoms with E-state index in [2.05, 4.69) is 15.6 Å². The Hall–Kier alpha value is -2.81. The largest absolute Gasteiger partial charge is 0.349 e. The maximum atomic E-state index is 12.2. The van der Waals surface area contributed by atoms with Gasteiger partial charge in [0.05, 0.1) is 16.3 Å². The number of nitrogens with two attached hydrogens (primary N) is 1. The summed E-state index contributed by atoms with van der Waals surface area (Å²) in [5.74, 6) is 0.146. The number of benzene rings is 1. The first-order chi connectivity index (χ1) is 11.5. The van der Waals surface area contributed by atoms with Gasteiger partial charge in [0.25, 0.3) is 11.6 Å². The number of nitrogens with one attached hydrogen (secondary N) is 1. The van der Waals surface area contributed by atoms with Crippen molar-refractivity contribution in [2.75, 3.05) is 6.54 Å². The number of carbonyl (C=O) groups excluding carboxylic acids is 1. The SMILES string of the molecule is Cc1c(C(=O)NCC(N)C2CC2)nnn1-c1cccc([N+](=O)[O-])c1. The first kappa shape index (κ1) is 16.1.